The molecule has 0 amide bonds. The molecule has 8 nitrogen and oxygen atoms in total. The van der Waals surface area contributed by atoms with Crippen LogP contribution in [0.3, 0.4) is 0 Å². The first kappa shape index (κ1) is 23.2. The fourth-order valence-corrected chi connectivity index (χ4v) is 5.08. The molecule has 1 atom stereocenters. The standard InChI is InChI=1S/C27H31N7O/c1-5-27(35)12-10-17-6-9-22(31-23(17)27)32-24-19(15-28)16-29-25(33-24)30-20-7-8-21-18(14-20)11-13-34(4)26(21,2)3/h6-9,14,16,35H,5,10-13H2,1-4H3,(H2,29,30,31,32,33)/t27-/m1/s1. The summed E-state index contributed by atoms with van der Waals surface area (Å²) in [5, 5.41) is 27.0. The fraction of sp³-hybridized carbons (Fsp3) is 0.407. The van der Waals surface area contributed by atoms with Gasteiger partial charge in [0, 0.05) is 17.8 Å². The van der Waals surface area contributed by atoms with Crippen molar-refractivity contribution < 1.29 is 5.11 Å². The summed E-state index contributed by atoms with van der Waals surface area (Å²) in [6.45, 7) is 7.46. The average molecular weight is 470 g/mol. The van der Waals surface area contributed by atoms with Crippen LogP contribution in [0.2, 0.25) is 0 Å². The molecule has 35 heavy (non-hydrogen) atoms. The van der Waals surface area contributed by atoms with Crippen LogP contribution in [0.4, 0.5) is 23.3 Å². The number of nitrogens with zero attached hydrogens (tertiary/aromatic N) is 5. The highest BCUT2D eigenvalue weighted by atomic mass is 16.3. The van der Waals surface area contributed by atoms with Gasteiger partial charge in [0.1, 0.15) is 23.1 Å². The fourth-order valence-electron chi connectivity index (χ4n) is 5.08. The summed E-state index contributed by atoms with van der Waals surface area (Å²) in [5.41, 5.74) is 4.72. The molecular formula is C27H31N7O. The van der Waals surface area contributed by atoms with Crippen LogP contribution in [0.5, 0.6) is 0 Å². The molecule has 1 aliphatic heterocycles. The number of anilines is 4. The molecule has 0 fully saturated rings. The molecule has 3 heterocycles. The van der Waals surface area contributed by atoms with Gasteiger partial charge in [-0.1, -0.05) is 19.1 Å². The van der Waals surface area contributed by atoms with Gasteiger partial charge >= 0.3 is 0 Å². The molecule has 2 aromatic heterocycles. The summed E-state index contributed by atoms with van der Waals surface area (Å²) < 4.78 is 0. The highest BCUT2D eigenvalue weighted by Gasteiger charge is 2.37. The van der Waals surface area contributed by atoms with Gasteiger partial charge in [0.05, 0.1) is 11.9 Å². The number of aromatic nitrogens is 3. The molecule has 180 valence electrons. The molecule has 5 rings (SSSR count). The van der Waals surface area contributed by atoms with Crippen LogP contribution in [0.1, 0.15) is 61.6 Å². The van der Waals surface area contributed by atoms with E-state index in [1.807, 2.05) is 25.1 Å². The number of fused-ring (bicyclic) bond motifs is 2. The van der Waals surface area contributed by atoms with Crippen molar-refractivity contribution in [3.8, 4) is 6.07 Å². The Hall–Kier alpha value is -3.54. The van der Waals surface area contributed by atoms with Crippen LogP contribution in [-0.4, -0.2) is 38.6 Å². The quantitative estimate of drug-likeness (QED) is 0.501. The summed E-state index contributed by atoms with van der Waals surface area (Å²) in [4.78, 5) is 16.0. The van der Waals surface area contributed by atoms with Crippen molar-refractivity contribution in [2.45, 2.75) is 57.6 Å². The molecule has 0 saturated carbocycles. The van der Waals surface area contributed by atoms with Crippen LogP contribution in [0, 0.1) is 11.3 Å². The smallest absolute Gasteiger partial charge is 0.229 e. The lowest BCUT2D eigenvalue weighted by molar-refractivity contribution is 0.0307. The highest BCUT2D eigenvalue weighted by Crippen LogP contribution is 2.39. The van der Waals surface area contributed by atoms with E-state index in [1.165, 1.54) is 17.3 Å². The number of hydrogen-bond acceptors (Lipinski definition) is 8. The SMILES string of the molecule is CC[C@@]1(O)CCc2ccc(Nc3nc(Nc4ccc5c(c4)CCN(C)C5(C)C)ncc3C#N)nc21. The van der Waals surface area contributed by atoms with Crippen molar-refractivity contribution in [1.82, 2.24) is 19.9 Å². The maximum Gasteiger partial charge on any atom is 0.229 e. The molecule has 0 radical (unpaired) electrons. The number of pyridine rings is 1. The maximum atomic E-state index is 10.9. The summed E-state index contributed by atoms with van der Waals surface area (Å²) >= 11 is 0. The number of nitriles is 1. The average Bonchev–Trinajstić information content (AvgIpc) is 3.18. The van der Waals surface area contributed by atoms with E-state index < -0.39 is 5.60 Å². The number of benzene rings is 1. The molecular weight excluding hydrogens is 438 g/mol. The van der Waals surface area contributed by atoms with E-state index in [2.05, 4.69) is 69.6 Å². The molecule has 3 aromatic rings. The summed E-state index contributed by atoms with van der Waals surface area (Å²) in [6.07, 6.45) is 4.58. The Kier molecular flexibility index (Phi) is 5.70. The van der Waals surface area contributed by atoms with E-state index in [1.54, 1.807) is 0 Å². The highest BCUT2D eigenvalue weighted by molar-refractivity contribution is 5.64. The van der Waals surface area contributed by atoms with E-state index in [-0.39, 0.29) is 5.54 Å². The van der Waals surface area contributed by atoms with Crippen molar-refractivity contribution in [2.75, 3.05) is 24.2 Å². The van der Waals surface area contributed by atoms with Crippen molar-refractivity contribution in [2.24, 2.45) is 0 Å². The molecule has 1 aliphatic carbocycles. The van der Waals surface area contributed by atoms with Gasteiger partial charge in [-0.25, -0.2) is 9.97 Å². The first-order chi connectivity index (χ1) is 16.7. The number of likely N-dealkylation sites (N-methyl/N-ethyl adjacent to an activating group) is 1. The van der Waals surface area contributed by atoms with E-state index in [0.29, 0.717) is 41.7 Å². The normalized spacial score (nSPS) is 20.6. The summed E-state index contributed by atoms with van der Waals surface area (Å²) in [7, 11) is 2.16. The third-order valence-corrected chi connectivity index (χ3v) is 7.66. The lowest BCUT2D eigenvalue weighted by Crippen LogP contribution is -2.43. The van der Waals surface area contributed by atoms with Crippen LogP contribution in [0.25, 0.3) is 0 Å². The Bertz CT molecular complexity index is 1330. The Morgan fingerprint density at radius 1 is 1.11 bits per heavy atom. The van der Waals surface area contributed by atoms with E-state index in [4.69, 9.17) is 0 Å². The number of aliphatic hydroxyl groups is 1. The first-order valence-electron chi connectivity index (χ1n) is 12.1. The van der Waals surface area contributed by atoms with Crippen LogP contribution in [0.15, 0.2) is 36.5 Å². The van der Waals surface area contributed by atoms with Crippen LogP contribution in [-0.2, 0) is 24.0 Å². The van der Waals surface area contributed by atoms with Crippen molar-refractivity contribution in [3.05, 3.63) is 64.5 Å². The van der Waals surface area contributed by atoms with Gasteiger partial charge in [0.15, 0.2) is 5.82 Å². The molecule has 8 heteroatoms. The molecule has 1 aromatic carbocycles. The van der Waals surface area contributed by atoms with Gasteiger partial charge in [0.2, 0.25) is 5.95 Å². The molecule has 0 unspecified atom stereocenters. The van der Waals surface area contributed by atoms with Crippen LogP contribution < -0.4 is 10.6 Å². The predicted molar refractivity (Wildman–Crippen MR) is 136 cm³/mol. The van der Waals surface area contributed by atoms with Gasteiger partial charge in [-0.05, 0) is 81.5 Å². The Morgan fingerprint density at radius 2 is 1.94 bits per heavy atom. The van der Waals surface area contributed by atoms with Gasteiger partial charge < -0.3 is 15.7 Å². The number of rotatable bonds is 5. The Balaban J connectivity index is 1.41. The number of nitrogens with one attached hydrogen (secondary N) is 2. The minimum absolute atomic E-state index is 0.0130. The third kappa shape index (κ3) is 4.11. The Morgan fingerprint density at radius 3 is 2.71 bits per heavy atom. The second-order valence-electron chi connectivity index (χ2n) is 10.0. The van der Waals surface area contributed by atoms with E-state index >= 15 is 0 Å². The zero-order chi connectivity index (χ0) is 24.8. The van der Waals surface area contributed by atoms with Gasteiger partial charge in [-0.2, -0.15) is 10.2 Å². The molecule has 0 saturated heterocycles. The van der Waals surface area contributed by atoms with Crippen molar-refractivity contribution >= 4 is 23.3 Å². The lowest BCUT2D eigenvalue weighted by Gasteiger charge is -2.41. The van der Waals surface area contributed by atoms with Crippen molar-refractivity contribution in [3.63, 3.8) is 0 Å². The first-order valence-corrected chi connectivity index (χ1v) is 12.1. The maximum absolute atomic E-state index is 10.9. The molecule has 0 spiro atoms. The summed E-state index contributed by atoms with van der Waals surface area (Å²) in [6, 6.07) is 12.4. The second kappa shape index (κ2) is 8.59. The minimum Gasteiger partial charge on any atom is -0.384 e. The monoisotopic (exact) mass is 469 g/mol. The van der Waals surface area contributed by atoms with E-state index in [0.717, 1.165) is 30.6 Å². The van der Waals surface area contributed by atoms with Gasteiger partial charge in [0.25, 0.3) is 0 Å². The topological polar surface area (TPSA) is 110 Å². The number of hydrogen-bond donors (Lipinski definition) is 3. The van der Waals surface area contributed by atoms with Crippen molar-refractivity contribution in [1.29, 1.82) is 5.26 Å². The third-order valence-electron chi connectivity index (χ3n) is 7.66. The second-order valence-corrected chi connectivity index (χ2v) is 10.0. The minimum atomic E-state index is -0.903. The zero-order valence-electron chi connectivity index (χ0n) is 20.7. The summed E-state index contributed by atoms with van der Waals surface area (Å²) in [5.74, 6) is 1.31. The largest absolute Gasteiger partial charge is 0.384 e. The van der Waals surface area contributed by atoms with Gasteiger partial charge in [-0.3, -0.25) is 4.90 Å². The zero-order valence-corrected chi connectivity index (χ0v) is 20.7. The predicted octanol–water partition coefficient (Wildman–Crippen LogP) is 4.50. The van der Waals surface area contributed by atoms with Crippen LogP contribution >= 0.6 is 0 Å². The lowest BCUT2D eigenvalue weighted by atomic mass is 9.83. The number of aryl methyl sites for hydroxylation is 1. The van der Waals surface area contributed by atoms with Gasteiger partial charge in [-0.15, -0.1) is 0 Å². The molecule has 2 aliphatic rings. The van der Waals surface area contributed by atoms with E-state index in [9.17, 15) is 10.4 Å². The Labute approximate surface area is 206 Å². The molecule has 3 N–H and O–H groups in total. The molecule has 0 bridgehead atoms.